The van der Waals surface area contributed by atoms with E-state index in [2.05, 4.69) is 29.2 Å². The fourth-order valence-electron chi connectivity index (χ4n) is 5.15. The zero-order valence-corrected chi connectivity index (χ0v) is 20.3. The van der Waals surface area contributed by atoms with E-state index in [-0.39, 0.29) is 22.6 Å². The molecule has 1 saturated heterocycles. The molecule has 0 aliphatic carbocycles. The Morgan fingerprint density at radius 1 is 0.676 bits per heavy atom. The number of anilines is 1. The molecule has 0 bridgehead atoms. The maximum Gasteiger partial charge on any atom is 0.269 e. The van der Waals surface area contributed by atoms with E-state index in [9.17, 15) is 20.3 Å². The van der Waals surface area contributed by atoms with E-state index in [1.165, 1.54) is 23.3 Å². The summed E-state index contributed by atoms with van der Waals surface area (Å²) >= 11 is 0. The van der Waals surface area contributed by atoms with Crippen LogP contribution >= 0.6 is 0 Å². The molecular formula is C31H28N2O4. The van der Waals surface area contributed by atoms with Gasteiger partial charge < -0.3 is 15.1 Å². The average Bonchev–Trinajstić information content (AvgIpc) is 2.93. The fourth-order valence-corrected chi connectivity index (χ4v) is 5.15. The van der Waals surface area contributed by atoms with E-state index in [4.69, 9.17) is 0 Å². The lowest BCUT2D eigenvalue weighted by molar-refractivity contribution is -0.384. The van der Waals surface area contributed by atoms with Gasteiger partial charge >= 0.3 is 0 Å². The quantitative estimate of drug-likeness (QED) is 0.176. The van der Waals surface area contributed by atoms with E-state index in [1.807, 2.05) is 36.4 Å². The van der Waals surface area contributed by atoms with Crippen molar-refractivity contribution in [1.29, 1.82) is 0 Å². The van der Waals surface area contributed by atoms with Gasteiger partial charge in [0.15, 0.2) is 0 Å². The highest BCUT2D eigenvalue weighted by molar-refractivity contribution is 5.71. The highest BCUT2D eigenvalue weighted by Gasteiger charge is 2.38. The van der Waals surface area contributed by atoms with Crippen molar-refractivity contribution in [2.24, 2.45) is 0 Å². The molecule has 1 aliphatic heterocycles. The van der Waals surface area contributed by atoms with Crippen LogP contribution in [0.25, 0.3) is 12.2 Å². The van der Waals surface area contributed by atoms with Crippen molar-refractivity contribution in [1.82, 2.24) is 0 Å². The molecule has 6 nitrogen and oxygen atoms in total. The number of nitro benzene ring substituents is 1. The molecule has 0 atom stereocenters. The number of piperidine rings is 1. The van der Waals surface area contributed by atoms with E-state index in [0.717, 1.165) is 42.7 Å². The highest BCUT2D eigenvalue weighted by Crippen LogP contribution is 2.43. The maximum atomic E-state index is 10.8. The van der Waals surface area contributed by atoms with E-state index in [0.29, 0.717) is 0 Å². The second-order valence-electron chi connectivity index (χ2n) is 9.44. The number of aromatic hydroxyl groups is 2. The number of nitrogens with zero attached hydrogens (tertiary/aromatic N) is 2. The summed E-state index contributed by atoms with van der Waals surface area (Å²) in [6.07, 6.45) is 5.76. The molecule has 1 aliphatic rings. The van der Waals surface area contributed by atoms with Gasteiger partial charge in [0, 0.05) is 36.3 Å². The summed E-state index contributed by atoms with van der Waals surface area (Å²) in [4.78, 5) is 12.8. The van der Waals surface area contributed by atoms with Crippen LogP contribution in [0.2, 0.25) is 0 Å². The summed E-state index contributed by atoms with van der Waals surface area (Å²) in [5.41, 5.74) is 5.36. The number of benzene rings is 4. The SMILES string of the molecule is O=[N+]([O-])c1ccc(/C=C/c2ccc(N3CCC(c4ccc(O)cc4)(c4ccc(O)cc4)CC3)cc2)cc1. The lowest BCUT2D eigenvalue weighted by atomic mass is 9.68. The smallest absolute Gasteiger partial charge is 0.269 e. The number of hydrogen-bond acceptors (Lipinski definition) is 5. The highest BCUT2D eigenvalue weighted by atomic mass is 16.6. The van der Waals surface area contributed by atoms with Gasteiger partial charge in [0.05, 0.1) is 4.92 Å². The van der Waals surface area contributed by atoms with Crippen molar-refractivity contribution in [2.75, 3.05) is 18.0 Å². The van der Waals surface area contributed by atoms with Crippen molar-refractivity contribution < 1.29 is 15.1 Å². The molecule has 1 heterocycles. The Kier molecular flexibility index (Phi) is 6.64. The van der Waals surface area contributed by atoms with Crippen molar-refractivity contribution in [3.05, 3.63) is 129 Å². The minimum Gasteiger partial charge on any atom is -0.508 e. The van der Waals surface area contributed by atoms with Gasteiger partial charge in [0.25, 0.3) is 5.69 Å². The third-order valence-electron chi connectivity index (χ3n) is 7.29. The summed E-state index contributed by atoms with van der Waals surface area (Å²) in [7, 11) is 0. The Hall–Kier alpha value is -4.58. The number of nitro groups is 1. The first-order valence-electron chi connectivity index (χ1n) is 12.3. The van der Waals surface area contributed by atoms with E-state index >= 15 is 0 Å². The molecule has 5 rings (SSSR count). The second-order valence-corrected chi connectivity index (χ2v) is 9.44. The number of hydrogen-bond donors (Lipinski definition) is 2. The van der Waals surface area contributed by atoms with Gasteiger partial charge in [0.2, 0.25) is 0 Å². The van der Waals surface area contributed by atoms with E-state index in [1.54, 1.807) is 36.4 Å². The molecule has 186 valence electrons. The maximum absolute atomic E-state index is 10.8. The van der Waals surface area contributed by atoms with Gasteiger partial charge in [0.1, 0.15) is 11.5 Å². The summed E-state index contributed by atoms with van der Waals surface area (Å²) in [6, 6.07) is 29.9. The molecule has 0 saturated carbocycles. The summed E-state index contributed by atoms with van der Waals surface area (Å²) < 4.78 is 0. The standard InChI is InChI=1S/C31H28N2O4/c34-29-15-7-25(8-16-29)31(26-9-17-30(35)18-10-26)19-21-32(22-20-31)27-11-3-23(4-12-27)1-2-24-5-13-28(14-6-24)33(36)37/h1-18,34-35H,19-22H2/b2-1+. The first kappa shape index (κ1) is 24.1. The molecule has 6 heteroatoms. The van der Waals surface area contributed by atoms with Crippen molar-refractivity contribution in [2.45, 2.75) is 18.3 Å². The minimum absolute atomic E-state index is 0.0860. The molecule has 4 aromatic carbocycles. The Labute approximate surface area is 215 Å². The van der Waals surface area contributed by atoms with E-state index < -0.39 is 4.92 Å². The molecule has 0 amide bonds. The van der Waals surface area contributed by atoms with Gasteiger partial charge in [-0.2, -0.15) is 0 Å². The van der Waals surface area contributed by atoms with Crippen molar-refractivity contribution in [3.63, 3.8) is 0 Å². The van der Waals surface area contributed by atoms with Crippen LogP contribution in [0, 0.1) is 10.1 Å². The van der Waals surface area contributed by atoms with Crippen LogP contribution in [0.3, 0.4) is 0 Å². The van der Waals surface area contributed by atoms with Gasteiger partial charge in [-0.25, -0.2) is 0 Å². The Morgan fingerprint density at radius 3 is 1.54 bits per heavy atom. The van der Waals surface area contributed by atoms with Crippen LogP contribution in [0.4, 0.5) is 11.4 Å². The number of rotatable bonds is 6. The van der Waals surface area contributed by atoms with Gasteiger partial charge in [-0.3, -0.25) is 10.1 Å². The van der Waals surface area contributed by atoms with Gasteiger partial charge in [-0.1, -0.05) is 48.6 Å². The van der Waals surface area contributed by atoms with Crippen LogP contribution in [0.5, 0.6) is 11.5 Å². The molecule has 4 aromatic rings. The molecule has 0 spiro atoms. The van der Waals surface area contributed by atoms with Gasteiger partial charge in [-0.05, 0) is 83.6 Å². The number of phenols is 2. The summed E-state index contributed by atoms with van der Waals surface area (Å²) in [5.74, 6) is 0.509. The second kappa shape index (κ2) is 10.2. The van der Waals surface area contributed by atoms with Gasteiger partial charge in [-0.15, -0.1) is 0 Å². The Balaban J connectivity index is 1.30. The average molecular weight is 493 g/mol. The first-order chi connectivity index (χ1) is 17.9. The third-order valence-corrected chi connectivity index (χ3v) is 7.29. The topological polar surface area (TPSA) is 86.8 Å². The molecule has 2 N–H and O–H groups in total. The Morgan fingerprint density at radius 2 is 1.11 bits per heavy atom. The molecule has 0 unspecified atom stereocenters. The van der Waals surface area contributed by atoms with Crippen LogP contribution in [0.15, 0.2) is 97.1 Å². The minimum atomic E-state index is -0.397. The van der Waals surface area contributed by atoms with Crippen LogP contribution in [-0.4, -0.2) is 28.2 Å². The van der Waals surface area contributed by atoms with Crippen molar-refractivity contribution in [3.8, 4) is 11.5 Å². The molecule has 0 aromatic heterocycles. The monoisotopic (exact) mass is 492 g/mol. The molecule has 1 fully saturated rings. The largest absolute Gasteiger partial charge is 0.508 e. The first-order valence-corrected chi connectivity index (χ1v) is 12.3. The van der Waals surface area contributed by atoms with Crippen molar-refractivity contribution >= 4 is 23.5 Å². The number of non-ortho nitro benzene ring substituents is 1. The fraction of sp³-hybridized carbons (Fsp3) is 0.161. The normalized spacial score (nSPS) is 15.1. The summed E-state index contributed by atoms with van der Waals surface area (Å²) in [6.45, 7) is 1.75. The van der Waals surface area contributed by atoms with Crippen LogP contribution in [-0.2, 0) is 5.41 Å². The zero-order chi connectivity index (χ0) is 25.8. The zero-order valence-electron chi connectivity index (χ0n) is 20.3. The molecule has 0 radical (unpaired) electrons. The predicted octanol–water partition coefficient (Wildman–Crippen LogP) is 6.76. The van der Waals surface area contributed by atoms with Crippen LogP contribution < -0.4 is 4.90 Å². The molecule has 37 heavy (non-hydrogen) atoms. The lowest BCUT2D eigenvalue weighted by Crippen LogP contribution is -2.43. The Bertz CT molecular complexity index is 1340. The van der Waals surface area contributed by atoms with Crippen LogP contribution in [0.1, 0.15) is 35.1 Å². The lowest BCUT2D eigenvalue weighted by Gasteiger charge is -2.43. The predicted molar refractivity (Wildman–Crippen MR) is 147 cm³/mol. The third kappa shape index (κ3) is 5.19. The number of phenolic OH excluding ortho intramolecular Hbond substituents is 2. The molecular weight excluding hydrogens is 464 g/mol. The summed E-state index contributed by atoms with van der Waals surface area (Å²) in [5, 5.41) is 30.5.